The maximum absolute atomic E-state index is 5.07. The Kier molecular flexibility index (Phi) is 4.85. The summed E-state index contributed by atoms with van der Waals surface area (Å²) in [4.78, 5) is 12.6. The van der Waals surface area contributed by atoms with Crippen molar-refractivity contribution < 1.29 is 0 Å². The lowest BCUT2D eigenvalue weighted by atomic mass is 10.1. The molecule has 0 N–H and O–H groups in total. The van der Waals surface area contributed by atoms with Crippen molar-refractivity contribution in [1.82, 2.24) is 19.4 Å². The first kappa shape index (κ1) is 17.8. The second kappa shape index (κ2) is 7.63. The highest BCUT2D eigenvalue weighted by molar-refractivity contribution is 5.78. The molecule has 0 bridgehead atoms. The highest BCUT2D eigenvalue weighted by atomic mass is 15.3. The van der Waals surface area contributed by atoms with E-state index < -0.39 is 0 Å². The molecule has 4 heterocycles. The van der Waals surface area contributed by atoms with Gasteiger partial charge in [0.15, 0.2) is 0 Å². The van der Waals surface area contributed by atoms with Gasteiger partial charge in [0, 0.05) is 62.5 Å². The predicted octanol–water partition coefficient (Wildman–Crippen LogP) is 3.34. The van der Waals surface area contributed by atoms with Crippen molar-refractivity contribution in [2.24, 2.45) is 5.92 Å². The first-order chi connectivity index (χ1) is 13.8. The number of pyridine rings is 1. The summed E-state index contributed by atoms with van der Waals surface area (Å²) in [5.41, 5.74) is 2.61. The SMILES string of the molecule is C[C@H]1C=CC=C1N1CCN(c2ccc3ccn(CCN4CCCC4)c3n2)CC1. The monoisotopic (exact) mass is 377 g/mol. The molecule has 2 aliphatic heterocycles. The lowest BCUT2D eigenvalue weighted by molar-refractivity contribution is 0.302. The molecule has 2 saturated heterocycles. The van der Waals surface area contributed by atoms with Crippen LogP contribution in [-0.4, -0.2) is 65.2 Å². The molecule has 1 aliphatic carbocycles. The fraction of sp³-hybridized carbons (Fsp3) is 0.522. The number of aromatic nitrogens is 2. The summed E-state index contributed by atoms with van der Waals surface area (Å²) in [6.07, 6.45) is 11.7. The highest BCUT2D eigenvalue weighted by Crippen LogP contribution is 2.26. The van der Waals surface area contributed by atoms with Gasteiger partial charge in [0.05, 0.1) is 0 Å². The van der Waals surface area contributed by atoms with E-state index in [9.17, 15) is 0 Å². The summed E-state index contributed by atoms with van der Waals surface area (Å²) in [5.74, 6) is 1.68. The molecule has 0 aromatic carbocycles. The standard InChI is InChI=1S/C23H31N5/c1-19-5-4-6-21(19)26-15-17-27(18-16-26)22-8-7-20-9-12-28(23(20)24-22)14-13-25-10-2-3-11-25/h4-9,12,19H,2-3,10-11,13-18H2,1H3/t19-/m0/s1. The summed E-state index contributed by atoms with van der Waals surface area (Å²) < 4.78 is 2.34. The molecule has 2 fully saturated rings. The minimum atomic E-state index is 0.555. The first-order valence-electron chi connectivity index (χ1n) is 10.8. The molecule has 5 heteroatoms. The molecular formula is C23H31N5. The average Bonchev–Trinajstić information content (AvgIpc) is 3.47. The third-order valence-electron chi connectivity index (χ3n) is 6.55. The summed E-state index contributed by atoms with van der Waals surface area (Å²) >= 11 is 0. The number of likely N-dealkylation sites (tertiary alicyclic amines) is 1. The highest BCUT2D eigenvalue weighted by Gasteiger charge is 2.23. The normalized spacial score (nSPS) is 23.2. The largest absolute Gasteiger partial charge is 0.371 e. The molecular weight excluding hydrogens is 346 g/mol. The van der Waals surface area contributed by atoms with Crippen LogP contribution in [0.15, 0.2) is 48.3 Å². The van der Waals surface area contributed by atoms with Crippen LogP contribution in [0.25, 0.3) is 11.0 Å². The second-order valence-electron chi connectivity index (χ2n) is 8.38. The number of hydrogen-bond acceptors (Lipinski definition) is 4. The van der Waals surface area contributed by atoms with Gasteiger partial charge in [-0.15, -0.1) is 0 Å². The van der Waals surface area contributed by atoms with Gasteiger partial charge in [-0.2, -0.15) is 0 Å². The Morgan fingerprint density at radius 2 is 1.71 bits per heavy atom. The van der Waals surface area contributed by atoms with Crippen LogP contribution in [0.2, 0.25) is 0 Å². The van der Waals surface area contributed by atoms with Crippen molar-refractivity contribution >= 4 is 16.9 Å². The molecule has 2 aromatic heterocycles. The summed E-state index contributed by atoms with van der Waals surface area (Å²) in [6.45, 7) is 11.2. The van der Waals surface area contributed by atoms with Gasteiger partial charge in [-0.25, -0.2) is 4.98 Å². The van der Waals surface area contributed by atoms with Gasteiger partial charge in [-0.1, -0.05) is 19.1 Å². The van der Waals surface area contributed by atoms with E-state index in [1.807, 2.05) is 0 Å². The lowest BCUT2D eigenvalue weighted by Gasteiger charge is -2.38. The van der Waals surface area contributed by atoms with Gasteiger partial charge in [0.25, 0.3) is 0 Å². The molecule has 3 aliphatic rings. The summed E-state index contributed by atoms with van der Waals surface area (Å²) in [6, 6.07) is 6.64. The van der Waals surface area contributed by atoms with E-state index in [-0.39, 0.29) is 0 Å². The summed E-state index contributed by atoms with van der Waals surface area (Å²) in [7, 11) is 0. The van der Waals surface area contributed by atoms with E-state index in [0.717, 1.165) is 50.7 Å². The number of fused-ring (bicyclic) bond motifs is 1. The third kappa shape index (κ3) is 3.44. The van der Waals surface area contributed by atoms with Crippen LogP contribution in [0.3, 0.4) is 0 Å². The fourth-order valence-electron chi connectivity index (χ4n) is 4.82. The maximum Gasteiger partial charge on any atom is 0.142 e. The quantitative estimate of drug-likeness (QED) is 0.799. The number of piperazine rings is 1. The van der Waals surface area contributed by atoms with E-state index in [0.29, 0.717) is 5.92 Å². The molecule has 1 atom stereocenters. The van der Waals surface area contributed by atoms with E-state index in [1.165, 1.54) is 37.0 Å². The van der Waals surface area contributed by atoms with E-state index in [1.54, 1.807) is 0 Å². The minimum Gasteiger partial charge on any atom is -0.371 e. The molecule has 5 rings (SSSR count). The van der Waals surface area contributed by atoms with Crippen LogP contribution in [0.4, 0.5) is 5.82 Å². The molecule has 0 radical (unpaired) electrons. The molecule has 0 amide bonds. The first-order valence-corrected chi connectivity index (χ1v) is 10.8. The van der Waals surface area contributed by atoms with Crippen LogP contribution < -0.4 is 4.90 Å². The van der Waals surface area contributed by atoms with Crippen molar-refractivity contribution in [3.63, 3.8) is 0 Å². The van der Waals surface area contributed by atoms with Crippen LogP contribution in [0, 0.1) is 5.92 Å². The van der Waals surface area contributed by atoms with Crippen molar-refractivity contribution in [1.29, 1.82) is 0 Å². The molecule has 0 saturated carbocycles. The Hall–Kier alpha value is -2.27. The van der Waals surface area contributed by atoms with Crippen LogP contribution in [-0.2, 0) is 6.54 Å². The Morgan fingerprint density at radius 1 is 0.929 bits per heavy atom. The zero-order valence-electron chi connectivity index (χ0n) is 16.9. The lowest BCUT2D eigenvalue weighted by Crippen LogP contribution is -2.46. The average molecular weight is 378 g/mol. The van der Waals surface area contributed by atoms with E-state index >= 15 is 0 Å². The van der Waals surface area contributed by atoms with Crippen LogP contribution >= 0.6 is 0 Å². The molecule has 148 valence electrons. The zero-order chi connectivity index (χ0) is 18.9. The number of rotatable bonds is 5. The van der Waals surface area contributed by atoms with Gasteiger partial charge in [-0.05, 0) is 50.2 Å². The Bertz CT molecular complexity index is 882. The van der Waals surface area contributed by atoms with Gasteiger partial charge < -0.3 is 19.3 Å². The molecule has 5 nitrogen and oxygen atoms in total. The minimum absolute atomic E-state index is 0.555. The van der Waals surface area contributed by atoms with E-state index in [2.05, 4.69) is 68.8 Å². The Balaban J connectivity index is 1.26. The van der Waals surface area contributed by atoms with Crippen LogP contribution in [0.5, 0.6) is 0 Å². The molecule has 0 spiro atoms. The van der Waals surface area contributed by atoms with Gasteiger partial charge in [0.1, 0.15) is 11.5 Å². The topological polar surface area (TPSA) is 27.5 Å². The zero-order valence-corrected chi connectivity index (χ0v) is 16.9. The molecule has 2 aromatic rings. The van der Waals surface area contributed by atoms with Gasteiger partial charge in [0.2, 0.25) is 0 Å². The van der Waals surface area contributed by atoms with Gasteiger partial charge in [-0.3, -0.25) is 0 Å². The molecule has 0 unspecified atom stereocenters. The number of nitrogens with zero attached hydrogens (tertiary/aromatic N) is 5. The van der Waals surface area contributed by atoms with Crippen molar-refractivity contribution in [2.75, 3.05) is 50.7 Å². The fourth-order valence-corrected chi connectivity index (χ4v) is 4.82. The Morgan fingerprint density at radius 3 is 2.46 bits per heavy atom. The maximum atomic E-state index is 5.07. The molecule has 28 heavy (non-hydrogen) atoms. The van der Waals surface area contributed by atoms with Crippen molar-refractivity contribution in [3.8, 4) is 0 Å². The van der Waals surface area contributed by atoms with Gasteiger partial charge >= 0.3 is 0 Å². The Labute approximate surface area is 167 Å². The van der Waals surface area contributed by atoms with Crippen molar-refractivity contribution in [3.05, 3.63) is 48.3 Å². The van der Waals surface area contributed by atoms with Crippen molar-refractivity contribution in [2.45, 2.75) is 26.3 Å². The van der Waals surface area contributed by atoms with E-state index in [4.69, 9.17) is 4.98 Å². The number of allylic oxidation sites excluding steroid dienone is 3. The van der Waals surface area contributed by atoms with Crippen LogP contribution in [0.1, 0.15) is 19.8 Å². The summed E-state index contributed by atoms with van der Waals surface area (Å²) in [5, 5.41) is 1.25. The third-order valence-corrected chi connectivity index (χ3v) is 6.55. The smallest absolute Gasteiger partial charge is 0.142 e. The predicted molar refractivity (Wildman–Crippen MR) is 116 cm³/mol. The second-order valence-corrected chi connectivity index (χ2v) is 8.38. The number of hydrogen-bond donors (Lipinski definition) is 0. The number of anilines is 1.